The number of nitrogens with two attached hydrogens (primary N) is 1. The molecule has 1 unspecified atom stereocenters. The molecular formula is C16H18BrN. The first kappa shape index (κ1) is 13.3. The fourth-order valence-electron chi connectivity index (χ4n) is 2.27. The lowest BCUT2D eigenvalue weighted by atomic mass is 9.91. The highest BCUT2D eigenvalue weighted by Gasteiger charge is 2.14. The molecule has 0 bridgehead atoms. The van der Waals surface area contributed by atoms with E-state index < -0.39 is 0 Å². The van der Waals surface area contributed by atoms with Crippen molar-refractivity contribution in [3.8, 4) is 0 Å². The molecule has 18 heavy (non-hydrogen) atoms. The van der Waals surface area contributed by atoms with Gasteiger partial charge in [-0.25, -0.2) is 0 Å². The van der Waals surface area contributed by atoms with Crippen molar-refractivity contribution in [2.24, 2.45) is 5.73 Å². The molecule has 0 saturated carbocycles. The zero-order chi connectivity index (χ0) is 13.3. The van der Waals surface area contributed by atoms with Gasteiger partial charge in [0.2, 0.25) is 0 Å². The second-order valence-electron chi connectivity index (χ2n) is 4.77. The van der Waals surface area contributed by atoms with Crippen LogP contribution in [0, 0.1) is 20.8 Å². The van der Waals surface area contributed by atoms with Crippen molar-refractivity contribution in [2.45, 2.75) is 26.8 Å². The smallest absolute Gasteiger partial charge is 0.0556 e. The fourth-order valence-corrected chi connectivity index (χ4v) is 2.74. The molecule has 2 aromatic rings. The molecular weight excluding hydrogens is 286 g/mol. The molecule has 1 atom stereocenters. The van der Waals surface area contributed by atoms with Gasteiger partial charge in [0.05, 0.1) is 6.04 Å². The van der Waals surface area contributed by atoms with Crippen LogP contribution in [0.5, 0.6) is 0 Å². The molecule has 94 valence electrons. The van der Waals surface area contributed by atoms with E-state index in [-0.39, 0.29) is 6.04 Å². The Morgan fingerprint density at radius 3 is 2.33 bits per heavy atom. The molecule has 2 N–H and O–H groups in total. The Morgan fingerprint density at radius 1 is 0.944 bits per heavy atom. The molecule has 0 saturated heterocycles. The molecule has 0 aliphatic carbocycles. The fraction of sp³-hybridized carbons (Fsp3) is 0.250. The van der Waals surface area contributed by atoms with Crippen molar-refractivity contribution in [1.29, 1.82) is 0 Å². The summed E-state index contributed by atoms with van der Waals surface area (Å²) < 4.78 is 1.09. The largest absolute Gasteiger partial charge is 0.320 e. The minimum absolute atomic E-state index is 0.0574. The SMILES string of the molecule is Cc1cc(Br)ccc1C(N)c1cccc(C)c1C. The monoisotopic (exact) mass is 303 g/mol. The van der Waals surface area contributed by atoms with Gasteiger partial charge in [-0.15, -0.1) is 0 Å². The molecule has 1 nitrogen and oxygen atoms in total. The van der Waals surface area contributed by atoms with Crippen LogP contribution in [0.2, 0.25) is 0 Å². The number of aryl methyl sites for hydroxylation is 2. The Balaban J connectivity index is 2.48. The number of rotatable bonds is 2. The van der Waals surface area contributed by atoms with Gasteiger partial charge in [0.15, 0.2) is 0 Å². The molecule has 0 heterocycles. The zero-order valence-electron chi connectivity index (χ0n) is 11.0. The van der Waals surface area contributed by atoms with Crippen molar-refractivity contribution in [1.82, 2.24) is 0 Å². The topological polar surface area (TPSA) is 26.0 Å². The van der Waals surface area contributed by atoms with Gasteiger partial charge in [-0.2, -0.15) is 0 Å². The first-order valence-electron chi connectivity index (χ1n) is 6.08. The Bertz CT molecular complexity index is 575. The van der Waals surface area contributed by atoms with E-state index >= 15 is 0 Å². The Kier molecular flexibility index (Phi) is 3.88. The minimum atomic E-state index is -0.0574. The molecule has 0 fully saturated rings. The van der Waals surface area contributed by atoms with E-state index in [1.807, 2.05) is 6.07 Å². The lowest BCUT2D eigenvalue weighted by molar-refractivity contribution is 0.849. The normalized spacial score (nSPS) is 12.5. The molecule has 2 heteroatoms. The lowest BCUT2D eigenvalue weighted by Gasteiger charge is -2.18. The highest BCUT2D eigenvalue weighted by Crippen LogP contribution is 2.28. The van der Waals surface area contributed by atoms with Gasteiger partial charge >= 0.3 is 0 Å². The third-order valence-corrected chi connectivity index (χ3v) is 4.04. The zero-order valence-corrected chi connectivity index (χ0v) is 12.6. The number of benzene rings is 2. The maximum Gasteiger partial charge on any atom is 0.0556 e. The third-order valence-electron chi connectivity index (χ3n) is 3.55. The van der Waals surface area contributed by atoms with Gasteiger partial charge in [-0.1, -0.05) is 40.2 Å². The van der Waals surface area contributed by atoms with Gasteiger partial charge in [0.1, 0.15) is 0 Å². The summed E-state index contributed by atoms with van der Waals surface area (Å²) in [6.07, 6.45) is 0. The van der Waals surface area contributed by atoms with Crippen molar-refractivity contribution in [3.63, 3.8) is 0 Å². The third kappa shape index (κ3) is 2.50. The molecule has 0 spiro atoms. The van der Waals surface area contributed by atoms with Crippen LogP contribution in [-0.4, -0.2) is 0 Å². The quantitative estimate of drug-likeness (QED) is 0.873. The van der Waals surface area contributed by atoms with Crippen molar-refractivity contribution in [3.05, 3.63) is 68.7 Å². The average Bonchev–Trinajstić information content (AvgIpc) is 2.32. The Morgan fingerprint density at radius 2 is 1.67 bits per heavy atom. The number of hydrogen-bond acceptors (Lipinski definition) is 1. The maximum atomic E-state index is 6.42. The predicted octanol–water partition coefficient (Wildman–Crippen LogP) is 4.42. The van der Waals surface area contributed by atoms with Crippen LogP contribution in [0.1, 0.15) is 33.9 Å². The van der Waals surface area contributed by atoms with Crippen LogP contribution in [0.15, 0.2) is 40.9 Å². The van der Waals surface area contributed by atoms with Crippen LogP contribution < -0.4 is 5.73 Å². The molecule has 2 rings (SSSR count). The molecule has 0 aliphatic rings. The second-order valence-corrected chi connectivity index (χ2v) is 5.68. The predicted molar refractivity (Wildman–Crippen MR) is 80.8 cm³/mol. The van der Waals surface area contributed by atoms with E-state index in [1.165, 1.54) is 27.8 Å². The maximum absolute atomic E-state index is 6.42. The van der Waals surface area contributed by atoms with E-state index in [9.17, 15) is 0 Å². The molecule has 0 aliphatic heterocycles. The summed E-state index contributed by atoms with van der Waals surface area (Å²) in [6.45, 7) is 6.36. The Hall–Kier alpha value is -1.12. The summed E-state index contributed by atoms with van der Waals surface area (Å²) in [5, 5.41) is 0. The molecule has 0 radical (unpaired) electrons. The van der Waals surface area contributed by atoms with Gasteiger partial charge in [-0.05, 0) is 60.7 Å². The molecule has 0 aromatic heterocycles. The van der Waals surface area contributed by atoms with E-state index in [0.29, 0.717) is 0 Å². The lowest BCUT2D eigenvalue weighted by Crippen LogP contribution is -2.15. The van der Waals surface area contributed by atoms with Crippen LogP contribution in [0.25, 0.3) is 0 Å². The summed E-state index contributed by atoms with van der Waals surface area (Å²) in [4.78, 5) is 0. The van der Waals surface area contributed by atoms with Gasteiger partial charge in [0.25, 0.3) is 0 Å². The van der Waals surface area contributed by atoms with Crippen molar-refractivity contribution >= 4 is 15.9 Å². The second kappa shape index (κ2) is 5.25. The number of hydrogen-bond donors (Lipinski definition) is 1. The van der Waals surface area contributed by atoms with E-state index in [4.69, 9.17) is 5.73 Å². The summed E-state index contributed by atoms with van der Waals surface area (Å²) in [5.74, 6) is 0. The summed E-state index contributed by atoms with van der Waals surface area (Å²) in [5.41, 5.74) is 12.6. The summed E-state index contributed by atoms with van der Waals surface area (Å²) in [6, 6.07) is 12.5. The highest BCUT2D eigenvalue weighted by atomic mass is 79.9. The van der Waals surface area contributed by atoms with Gasteiger partial charge in [0, 0.05) is 4.47 Å². The van der Waals surface area contributed by atoms with Gasteiger partial charge in [-0.3, -0.25) is 0 Å². The van der Waals surface area contributed by atoms with E-state index in [2.05, 4.69) is 67.0 Å². The van der Waals surface area contributed by atoms with Crippen molar-refractivity contribution in [2.75, 3.05) is 0 Å². The summed E-state index contributed by atoms with van der Waals surface area (Å²) >= 11 is 3.49. The highest BCUT2D eigenvalue weighted by molar-refractivity contribution is 9.10. The standard InChI is InChI=1S/C16H18BrN/c1-10-5-4-6-15(12(10)3)16(18)14-8-7-13(17)9-11(14)2/h4-9,16H,18H2,1-3H3. The van der Waals surface area contributed by atoms with Gasteiger partial charge < -0.3 is 5.73 Å². The average molecular weight is 304 g/mol. The van der Waals surface area contributed by atoms with Crippen LogP contribution in [0.3, 0.4) is 0 Å². The Labute approximate surface area is 117 Å². The van der Waals surface area contributed by atoms with E-state index in [0.717, 1.165) is 4.47 Å². The first-order valence-corrected chi connectivity index (χ1v) is 6.87. The summed E-state index contributed by atoms with van der Waals surface area (Å²) in [7, 11) is 0. The molecule has 0 amide bonds. The minimum Gasteiger partial charge on any atom is -0.320 e. The van der Waals surface area contributed by atoms with Crippen molar-refractivity contribution < 1.29 is 0 Å². The molecule has 2 aromatic carbocycles. The van der Waals surface area contributed by atoms with E-state index in [1.54, 1.807) is 0 Å². The number of halogens is 1. The van der Waals surface area contributed by atoms with Crippen LogP contribution >= 0.6 is 15.9 Å². The van der Waals surface area contributed by atoms with Crippen LogP contribution in [-0.2, 0) is 0 Å². The first-order chi connectivity index (χ1) is 8.50. The van der Waals surface area contributed by atoms with Crippen LogP contribution in [0.4, 0.5) is 0 Å².